The lowest BCUT2D eigenvalue weighted by molar-refractivity contribution is 0.190. The smallest absolute Gasteiger partial charge is 0.399 e. The molecule has 4 aromatic rings. The highest BCUT2D eigenvalue weighted by molar-refractivity contribution is 7.20. The quantitative estimate of drug-likeness (QED) is 0.329. The zero-order chi connectivity index (χ0) is 22.9. The van der Waals surface area contributed by atoms with E-state index in [2.05, 4.69) is 22.4 Å². The Morgan fingerprint density at radius 3 is 2.53 bits per heavy atom. The van der Waals surface area contributed by atoms with Crippen LogP contribution in [-0.2, 0) is 6.42 Å². The molecule has 0 radical (unpaired) electrons. The molecule has 32 heavy (non-hydrogen) atoms. The first-order valence-corrected chi connectivity index (χ1v) is 11.4. The van der Waals surface area contributed by atoms with Crippen LogP contribution in [0, 0.1) is 0 Å². The van der Waals surface area contributed by atoms with Gasteiger partial charge in [0.1, 0.15) is 0 Å². The van der Waals surface area contributed by atoms with Gasteiger partial charge in [-0.15, -0.1) is 0 Å². The Morgan fingerprint density at radius 1 is 1.09 bits per heavy atom. The van der Waals surface area contributed by atoms with Crippen molar-refractivity contribution in [3.8, 4) is 16.3 Å². The number of thiazole rings is 1. The molecule has 0 aliphatic rings. The number of nitrogens with zero attached hydrogens (tertiary/aromatic N) is 1. The third-order valence-electron chi connectivity index (χ3n) is 4.72. The second-order valence-electron chi connectivity index (χ2n) is 8.66. The maximum absolute atomic E-state index is 12.2. The van der Waals surface area contributed by atoms with Gasteiger partial charge in [-0.05, 0) is 80.3 Å². The van der Waals surface area contributed by atoms with Crippen LogP contribution in [0.2, 0.25) is 5.02 Å². The first-order valence-electron chi connectivity index (χ1n) is 10.2. The summed E-state index contributed by atoms with van der Waals surface area (Å²) in [4.78, 5) is 16.9. The minimum absolute atomic E-state index is 0.301. The van der Waals surface area contributed by atoms with Gasteiger partial charge in [0.15, 0.2) is 0 Å². The van der Waals surface area contributed by atoms with Gasteiger partial charge in [0.25, 0.3) is 5.19 Å². The summed E-state index contributed by atoms with van der Waals surface area (Å²) in [6.45, 7) is 5.69. The zero-order valence-electron chi connectivity index (χ0n) is 18.1. The molecule has 1 amide bonds. The number of nitrogen functional groups attached to an aromatic ring is 1. The molecule has 164 valence electrons. The molecule has 3 N–H and O–H groups in total. The number of carbonyl (C=O) groups excluding carboxylic acids is 1. The molecule has 0 saturated carbocycles. The van der Waals surface area contributed by atoms with E-state index >= 15 is 0 Å². The summed E-state index contributed by atoms with van der Waals surface area (Å²) >= 11 is 7.60. The Kier molecular flexibility index (Phi) is 6.09. The SMILES string of the molecule is CC(C)(C)NC(=O)Oc1nc2c(-c3cccc(Cl)c3)cc(Cc3ccc(N)cc3)cc2s1. The molecule has 0 aliphatic carbocycles. The summed E-state index contributed by atoms with van der Waals surface area (Å²) in [6, 6.07) is 19.7. The van der Waals surface area contributed by atoms with Gasteiger partial charge >= 0.3 is 6.09 Å². The average Bonchev–Trinajstić information content (AvgIpc) is 3.09. The number of ether oxygens (including phenoxy) is 1. The molecule has 0 atom stereocenters. The summed E-state index contributed by atoms with van der Waals surface area (Å²) in [7, 11) is 0. The molecule has 1 heterocycles. The Hall–Kier alpha value is -3.09. The van der Waals surface area contributed by atoms with Crippen molar-refractivity contribution in [3.63, 3.8) is 0 Å². The number of halogens is 1. The summed E-state index contributed by atoms with van der Waals surface area (Å²) in [6.07, 6.45) is 0.213. The first kappa shape index (κ1) is 22.1. The van der Waals surface area contributed by atoms with Crippen molar-refractivity contribution in [3.05, 3.63) is 76.8 Å². The van der Waals surface area contributed by atoms with Crippen molar-refractivity contribution in [2.45, 2.75) is 32.7 Å². The second kappa shape index (κ2) is 8.81. The van der Waals surface area contributed by atoms with Gasteiger partial charge in [-0.1, -0.05) is 47.2 Å². The van der Waals surface area contributed by atoms with Crippen LogP contribution in [0.3, 0.4) is 0 Å². The highest BCUT2D eigenvalue weighted by Gasteiger charge is 2.19. The van der Waals surface area contributed by atoms with Gasteiger partial charge in [0, 0.05) is 21.8 Å². The van der Waals surface area contributed by atoms with Gasteiger partial charge < -0.3 is 15.8 Å². The fourth-order valence-corrected chi connectivity index (χ4v) is 4.47. The number of hydrogen-bond donors (Lipinski definition) is 2. The number of anilines is 1. The Balaban J connectivity index is 1.75. The van der Waals surface area contributed by atoms with E-state index in [1.165, 1.54) is 11.3 Å². The van der Waals surface area contributed by atoms with E-state index in [0.717, 1.165) is 44.6 Å². The number of amides is 1. The standard InChI is InChI=1S/C25H24ClN3O2S/c1-25(2,3)29-23(30)31-24-28-22-20(17-5-4-6-18(26)14-17)12-16(13-21(22)32-24)11-15-7-9-19(27)10-8-15/h4-10,12-14H,11,27H2,1-3H3,(H,29,30). The highest BCUT2D eigenvalue weighted by atomic mass is 35.5. The second-order valence-corrected chi connectivity index (χ2v) is 10.1. The molecule has 0 aliphatic heterocycles. The Morgan fingerprint density at radius 2 is 1.84 bits per heavy atom. The molecular formula is C25H24ClN3O2S. The topological polar surface area (TPSA) is 77.2 Å². The average molecular weight is 466 g/mol. The predicted molar refractivity (Wildman–Crippen MR) is 133 cm³/mol. The summed E-state index contributed by atoms with van der Waals surface area (Å²) in [5.74, 6) is 0. The van der Waals surface area contributed by atoms with Crippen LogP contribution in [0.15, 0.2) is 60.7 Å². The van der Waals surface area contributed by atoms with Gasteiger partial charge in [-0.2, -0.15) is 0 Å². The molecule has 3 aromatic carbocycles. The third-order valence-corrected chi connectivity index (χ3v) is 5.83. The van der Waals surface area contributed by atoms with Crippen molar-refractivity contribution in [1.29, 1.82) is 0 Å². The minimum Gasteiger partial charge on any atom is -0.399 e. The molecule has 0 bridgehead atoms. The maximum Gasteiger partial charge on any atom is 0.414 e. The van der Waals surface area contributed by atoms with E-state index in [1.807, 2.05) is 69.3 Å². The van der Waals surface area contributed by atoms with Crippen molar-refractivity contribution in [1.82, 2.24) is 10.3 Å². The van der Waals surface area contributed by atoms with Crippen LogP contribution in [0.4, 0.5) is 10.5 Å². The lowest BCUT2D eigenvalue weighted by Crippen LogP contribution is -2.42. The number of aromatic nitrogens is 1. The summed E-state index contributed by atoms with van der Waals surface area (Å²) < 4.78 is 6.42. The molecule has 1 aromatic heterocycles. The van der Waals surface area contributed by atoms with E-state index in [1.54, 1.807) is 0 Å². The summed E-state index contributed by atoms with van der Waals surface area (Å²) in [5.41, 5.74) is 11.1. The van der Waals surface area contributed by atoms with Gasteiger partial charge in [-0.25, -0.2) is 9.78 Å². The van der Waals surface area contributed by atoms with Crippen molar-refractivity contribution in [2.75, 3.05) is 5.73 Å². The normalized spacial score (nSPS) is 11.5. The van der Waals surface area contributed by atoms with Crippen molar-refractivity contribution in [2.24, 2.45) is 0 Å². The number of hydrogen-bond acceptors (Lipinski definition) is 5. The van der Waals surface area contributed by atoms with E-state index in [4.69, 9.17) is 22.1 Å². The van der Waals surface area contributed by atoms with Crippen LogP contribution in [-0.4, -0.2) is 16.6 Å². The van der Waals surface area contributed by atoms with E-state index in [9.17, 15) is 4.79 Å². The molecule has 0 fully saturated rings. The van der Waals surface area contributed by atoms with Crippen LogP contribution in [0.1, 0.15) is 31.9 Å². The molecule has 0 spiro atoms. The lowest BCUT2D eigenvalue weighted by atomic mass is 9.98. The number of nitrogens with one attached hydrogen (secondary N) is 1. The monoisotopic (exact) mass is 465 g/mol. The predicted octanol–water partition coefficient (Wildman–Crippen LogP) is 6.68. The Labute approximate surface area is 196 Å². The van der Waals surface area contributed by atoms with Crippen LogP contribution in [0.25, 0.3) is 21.3 Å². The fraction of sp³-hybridized carbons (Fsp3) is 0.200. The molecule has 0 unspecified atom stereocenters. The zero-order valence-corrected chi connectivity index (χ0v) is 19.7. The lowest BCUT2D eigenvalue weighted by Gasteiger charge is -2.18. The highest BCUT2D eigenvalue weighted by Crippen LogP contribution is 2.37. The van der Waals surface area contributed by atoms with Crippen molar-refractivity contribution < 1.29 is 9.53 Å². The third kappa shape index (κ3) is 5.39. The number of nitrogens with two attached hydrogens (primary N) is 1. The summed E-state index contributed by atoms with van der Waals surface area (Å²) in [5, 5.41) is 3.74. The number of rotatable bonds is 4. The number of carbonyl (C=O) groups is 1. The van der Waals surface area contributed by atoms with E-state index < -0.39 is 11.6 Å². The van der Waals surface area contributed by atoms with Gasteiger partial charge in [0.2, 0.25) is 0 Å². The van der Waals surface area contributed by atoms with Crippen LogP contribution in [0.5, 0.6) is 5.19 Å². The van der Waals surface area contributed by atoms with E-state index in [0.29, 0.717) is 10.2 Å². The van der Waals surface area contributed by atoms with E-state index in [-0.39, 0.29) is 0 Å². The largest absolute Gasteiger partial charge is 0.414 e. The minimum atomic E-state index is -0.525. The number of benzene rings is 3. The molecular weight excluding hydrogens is 442 g/mol. The Bertz CT molecular complexity index is 1280. The maximum atomic E-state index is 12.2. The van der Waals surface area contributed by atoms with Crippen LogP contribution >= 0.6 is 22.9 Å². The molecule has 7 heteroatoms. The fourth-order valence-electron chi connectivity index (χ4n) is 3.37. The van der Waals surface area contributed by atoms with Gasteiger partial charge in [-0.3, -0.25) is 0 Å². The molecule has 4 rings (SSSR count). The van der Waals surface area contributed by atoms with Crippen LogP contribution < -0.4 is 15.8 Å². The van der Waals surface area contributed by atoms with Crippen molar-refractivity contribution >= 4 is 44.9 Å². The first-order chi connectivity index (χ1) is 15.2. The molecule has 5 nitrogen and oxygen atoms in total. The molecule has 0 saturated heterocycles. The number of fused-ring (bicyclic) bond motifs is 1. The van der Waals surface area contributed by atoms with Gasteiger partial charge in [0.05, 0.1) is 10.2 Å².